The average Bonchev–Trinajstić information content (AvgIpc) is 2.68. The van der Waals surface area contributed by atoms with E-state index in [2.05, 4.69) is 0 Å². The fourth-order valence-electron chi connectivity index (χ4n) is 2.60. The predicted molar refractivity (Wildman–Crippen MR) is 109 cm³/mol. The zero-order valence-corrected chi connectivity index (χ0v) is 16.3. The third-order valence-electron chi connectivity index (χ3n) is 4.08. The molecule has 3 rings (SSSR count). The smallest absolute Gasteiger partial charge is 0.416 e. The number of para-hydroxylation sites is 1. The van der Waals surface area contributed by atoms with Crippen LogP contribution in [0.25, 0.3) is 6.08 Å². The first kappa shape index (κ1) is 20.8. The third kappa shape index (κ3) is 5.78. The molecule has 0 aliphatic rings. The molecule has 0 saturated carbocycles. The molecule has 0 fully saturated rings. The first-order valence-corrected chi connectivity index (χ1v) is 9.20. The van der Waals surface area contributed by atoms with Crippen molar-refractivity contribution in [1.29, 1.82) is 0 Å². The number of halogens is 4. The van der Waals surface area contributed by atoms with Crippen LogP contribution in [0.4, 0.5) is 13.2 Å². The molecule has 0 N–H and O–H groups in total. The van der Waals surface area contributed by atoms with Crippen LogP contribution < -0.4 is 9.47 Å². The Morgan fingerprint density at radius 2 is 1.62 bits per heavy atom. The molecule has 0 atom stereocenters. The van der Waals surface area contributed by atoms with Gasteiger partial charge in [-0.3, -0.25) is 0 Å². The lowest BCUT2D eigenvalue weighted by Gasteiger charge is -2.11. The number of hydrogen-bond acceptors (Lipinski definition) is 2. The standard InChI is InChI=1S/C23H18ClF3O2/c1-16-5-2-9-21(24)22(16)29-20-8-3-7-19(15-20)28-14-4-6-17-10-12-18(13-11-17)23(25,26)27/h2-13,15H,14H2,1H3/b6-4+. The molecule has 0 spiro atoms. The fourth-order valence-corrected chi connectivity index (χ4v) is 2.86. The van der Waals surface area contributed by atoms with Crippen molar-refractivity contribution in [2.45, 2.75) is 13.1 Å². The molecule has 29 heavy (non-hydrogen) atoms. The molecule has 0 aliphatic heterocycles. The summed E-state index contributed by atoms with van der Waals surface area (Å²) in [7, 11) is 0. The van der Waals surface area contributed by atoms with Crippen LogP contribution in [0, 0.1) is 6.92 Å². The molecule has 0 bridgehead atoms. The van der Waals surface area contributed by atoms with Crippen LogP contribution in [0.5, 0.6) is 17.2 Å². The minimum Gasteiger partial charge on any atom is -0.489 e. The Hall–Kier alpha value is -2.92. The lowest BCUT2D eigenvalue weighted by Crippen LogP contribution is -2.03. The van der Waals surface area contributed by atoms with Crippen molar-refractivity contribution >= 4 is 17.7 Å². The molecular weight excluding hydrogens is 401 g/mol. The molecule has 2 nitrogen and oxygen atoms in total. The number of aryl methyl sites for hydroxylation is 1. The Morgan fingerprint density at radius 1 is 0.931 bits per heavy atom. The Morgan fingerprint density at radius 3 is 2.31 bits per heavy atom. The molecule has 3 aromatic carbocycles. The highest BCUT2D eigenvalue weighted by molar-refractivity contribution is 6.32. The van der Waals surface area contributed by atoms with Gasteiger partial charge in [-0.2, -0.15) is 13.2 Å². The summed E-state index contributed by atoms with van der Waals surface area (Å²) in [6, 6.07) is 17.6. The highest BCUT2D eigenvalue weighted by Gasteiger charge is 2.29. The third-order valence-corrected chi connectivity index (χ3v) is 4.38. The summed E-state index contributed by atoms with van der Waals surface area (Å²) < 4.78 is 49.3. The van der Waals surface area contributed by atoms with Crippen LogP contribution in [0.1, 0.15) is 16.7 Å². The van der Waals surface area contributed by atoms with Gasteiger partial charge in [-0.1, -0.05) is 48.0 Å². The maximum absolute atomic E-state index is 12.6. The zero-order valence-electron chi connectivity index (χ0n) is 15.5. The first-order valence-electron chi connectivity index (χ1n) is 8.82. The largest absolute Gasteiger partial charge is 0.489 e. The molecule has 150 valence electrons. The number of benzene rings is 3. The monoisotopic (exact) mass is 418 g/mol. The molecule has 0 saturated heterocycles. The normalized spacial score (nSPS) is 11.6. The Bertz CT molecular complexity index is 975. The highest BCUT2D eigenvalue weighted by atomic mass is 35.5. The van der Waals surface area contributed by atoms with Crippen molar-refractivity contribution in [3.63, 3.8) is 0 Å². The summed E-state index contributed by atoms with van der Waals surface area (Å²) in [5, 5.41) is 0.524. The summed E-state index contributed by atoms with van der Waals surface area (Å²) in [6.07, 6.45) is -0.900. The number of rotatable bonds is 6. The van der Waals surface area contributed by atoms with Gasteiger partial charge >= 0.3 is 6.18 Å². The van der Waals surface area contributed by atoms with Crippen molar-refractivity contribution in [3.05, 3.63) is 94.5 Å². The van der Waals surface area contributed by atoms with Crippen molar-refractivity contribution in [3.8, 4) is 17.2 Å². The van der Waals surface area contributed by atoms with Crippen LogP contribution in [0.3, 0.4) is 0 Å². The van der Waals surface area contributed by atoms with Gasteiger partial charge in [0.2, 0.25) is 0 Å². The topological polar surface area (TPSA) is 18.5 Å². The molecule has 0 aliphatic carbocycles. The van der Waals surface area contributed by atoms with E-state index in [1.807, 2.05) is 19.1 Å². The SMILES string of the molecule is Cc1cccc(Cl)c1Oc1cccc(OC/C=C/c2ccc(C(F)(F)F)cc2)c1. The van der Waals surface area contributed by atoms with E-state index in [9.17, 15) is 13.2 Å². The van der Waals surface area contributed by atoms with Crippen molar-refractivity contribution in [2.24, 2.45) is 0 Å². The highest BCUT2D eigenvalue weighted by Crippen LogP contribution is 2.33. The van der Waals surface area contributed by atoms with Crippen LogP contribution in [0.2, 0.25) is 5.02 Å². The van der Waals surface area contributed by atoms with Gasteiger partial charge in [0.1, 0.15) is 23.9 Å². The second-order valence-electron chi connectivity index (χ2n) is 6.30. The zero-order chi connectivity index (χ0) is 20.9. The van der Waals surface area contributed by atoms with Gasteiger partial charge in [0, 0.05) is 6.07 Å². The maximum atomic E-state index is 12.6. The predicted octanol–water partition coefficient (Wildman–Crippen LogP) is 7.55. The Labute approximate surface area is 172 Å². The minimum atomic E-state index is -4.33. The molecular formula is C23H18ClF3O2. The van der Waals surface area contributed by atoms with Crippen LogP contribution in [-0.2, 0) is 6.18 Å². The molecule has 3 aromatic rings. The number of alkyl halides is 3. The van der Waals surface area contributed by atoms with E-state index in [0.29, 0.717) is 27.8 Å². The minimum absolute atomic E-state index is 0.260. The summed E-state index contributed by atoms with van der Waals surface area (Å²) in [5.74, 6) is 1.78. The lowest BCUT2D eigenvalue weighted by molar-refractivity contribution is -0.137. The summed E-state index contributed by atoms with van der Waals surface area (Å²) in [6.45, 7) is 2.17. The van der Waals surface area contributed by atoms with Gasteiger partial charge in [0.15, 0.2) is 0 Å². The van der Waals surface area contributed by atoms with Crippen molar-refractivity contribution < 1.29 is 22.6 Å². The van der Waals surface area contributed by atoms with E-state index in [0.717, 1.165) is 17.7 Å². The Balaban J connectivity index is 1.59. The van der Waals surface area contributed by atoms with Gasteiger partial charge in [-0.15, -0.1) is 0 Å². The summed E-state index contributed by atoms with van der Waals surface area (Å²) >= 11 is 6.19. The summed E-state index contributed by atoms with van der Waals surface area (Å²) in [4.78, 5) is 0. The van der Waals surface area contributed by atoms with Crippen LogP contribution >= 0.6 is 11.6 Å². The second kappa shape index (κ2) is 9.05. The molecule has 0 aromatic heterocycles. The molecule has 0 amide bonds. The molecule has 0 heterocycles. The van der Waals surface area contributed by atoms with Crippen LogP contribution in [-0.4, -0.2) is 6.61 Å². The summed E-state index contributed by atoms with van der Waals surface area (Å²) in [5.41, 5.74) is 0.910. The average molecular weight is 419 g/mol. The van der Waals surface area contributed by atoms with Gasteiger partial charge in [0.25, 0.3) is 0 Å². The van der Waals surface area contributed by atoms with Gasteiger partial charge in [-0.25, -0.2) is 0 Å². The molecule has 0 radical (unpaired) electrons. The van der Waals surface area contributed by atoms with Crippen molar-refractivity contribution in [1.82, 2.24) is 0 Å². The van der Waals surface area contributed by atoms with E-state index in [-0.39, 0.29) is 6.61 Å². The first-order chi connectivity index (χ1) is 13.8. The lowest BCUT2D eigenvalue weighted by atomic mass is 10.1. The van der Waals surface area contributed by atoms with Gasteiger partial charge < -0.3 is 9.47 Å². The molecule has 0 unspecified atom stereocenters. The van der Waals surface area contributed by atoms with E-state index in [1.165, 1.54) is 12.1 Å². The Kier molecular flexibility index (Phi) is 6.49. The second-order valence-corrected chi connectivity index (χ2v) is 6.70. The van der Waals surface area contributed by atoms with Crippen molar-refractivity contribution in [2.75, 3.05) is 6.61 Å². The maximum Gasteiger partial charge on any atom is 0.416 e. The van der Waals surface area contributed by atoms with Gasteiger partial charge in [-0.05, 0) is 54.5 Å². The van der Waals surface area contributed by atoms with E-state index in [1.54, 1.807) is 42.5 Å². The fraction of sp³-hybridized carbons (Fsp3) is 0.130. The number of ether oxygens (including phenoxy) is 2. The van der Waals surface area contributed by atoms with E-state index in [4.69, 9.17) is 21.1 Å². The quantitative estimate of drug-likeness (QED) is 0.411. The molecule has 6 heteroatoms. The van der Waals surface area contributed by atoms with E-state index >= 15 is 0 Å². The van der Waals surface area contributed by atoms with E-state index < -0.39 is 11.7 Å². The van der Waals surface area contributed by atoms with Crippen LogP contribution in [0.15, 0.2) is 72.8 Å². The van der Waals surface area contributed by atoms with Gasteiger partial charge in [0.05, 0.1) is 10.6 Å². The number of hydrogen-bond donors (Lipinski definition) is 0.